The molecule has 2 heterocycles. The van der Waals surface area contributed by atoms with E-state index in [1.54, 1.807) is 0 Å². The molecule has 1 saturated heterocycles. The maximum atomic E-state index is 15.5. The summed E-state index contributed by atoms with van der Waals surface area (Å²) in [6, 6.07) is 4.30. The van der Waals surface area contributed by atoms with Crippen molar-refractivity contribution in [3.05, 3.63) is 69.3 Å². The molecule has 4 rings (SSSR count). The molecule has 0 spiro atoms. The van der Waals surface area contributed by atoms with Crippen LogP contribution < -0.4 is 15.6 Å². The lowest BCUT2D eigenvalue weighted by Crippen LogP contribution is -2.27. The summed E-state index contributed by atoms with van der Waals surface area (Å²) in [6.07, 6.45) is 1.86. The molecule has 6 nitrogen and oxygen atoms in total. The minimum atomic E-state index is -1.52. The fraction of sp³-hybridized carbons (Fsp3) is 0.333. The summed E-state index contributed by atoms with van der Waals surface area (Å²) in [5.41, 5.74) is -1.23. The Bertz CT molecular complexity index is 1310. The fourth-order valence-corrected chi connectivity index (χ4v) is 4.45. The van der Waals surface area contributed by atoms with Crippen LogP contribution in [0.3, 0.4) is 0 Å². The number of hydrogen-bond donors (Lipinski definition) is 2. The topological polar surface area (TPSA) is 74.6 Å². The lowest BCUT2D eigenvalue weighted by Gasteiger charge is -2.23. The molecule has 1 fully saturated rings. The number of anilines is 1. The van der Waals surface area contributed by atoms with Gasteiger partial charge in [-0.05, 0) is 50.6 Å². The summed E-state index contributed by atoms with van der Waals surface area (Å²) in [5, 5.41) is 12.7. The van der Waals surface area contributed by atoms with Crippen LogP contribution in [-0.2, 0) is 0 Å². The van der Waals surface area contributed by atoms with E-state index in [0.717, 1.165) is 37.8 Å². The van der Waals surface area contributed by atoms with Gasteiger partial charge in [-0.3, -0.25) is 4.79 Å². The monoisotopic (exact) mass is 459 g/mol. The smallest absolute Gasteiger partial charge is 0.341 e. The molecule has 0 aliphatic carbocycles. The fourth-order valence-electron chi connectivity index (χ4n) is 4.45. The highest BCUT2D eigenvalue weighted by Gasteiger charge is 2.28. The van der Waals surface area contributed by atoms with Gasteiger partial charge in [-0.15, -0.1) is 0 Å². The highest BCUT2D eigenvalue weighted by molar-refractivity contribution is 5.95. The first-order valence-electron chi connectivity index (χ1n) is 10.8. The first kappa shape index (κ1) is 22.8. The van der Waals surface area contributed by atoms with Gasteiger partial charge >= 0.3 is 5.97 Å². The van der Waals surface area contributed by atoms with Gasteiger partial charge in [0.15, 0.2) is 0 Å². The molecule has 1 aliphatic rings. The Hall–Kier alpha value is -3.33. The Morgan fingerprint density at radius 1 is 1.21 bits per heavy atom. The molecule has 1 aromatic heterocycles. The number of halogens is 3. The maximum absolute atomic E-state index is 15.5. The first-order valence-corrected chi connectivity index (χ1v) is 10.8. The van der Waals surface area contributed by atoms with E-state index in [0.29, 0.717) is 25.1 Å². The zero-order valence-electron chi connectivity index (χ0n) is 18.3. The standard InChI is InChI=1S/C24H24F3N3O3/c1-3-28-10-14-6-7-29(11-14)20-9-19-21(13(2)22(20)27)23(31)16(24(32)33)12-30(19)18-5-4-15(25)8-17(18)26/h4-5,8-9,12,14,28H,3,6-7,10-11H2,1-2H3,(H,32,33). The number of hydrogen-bond acceptors (Lipinski definition) is 4. The van der Waals surface area contributed by atoms with Crippen LogP contribution in [0.4, 0.5) is 18.9 Å². The molecule has 174 valence electrons. The average Bonchev–Trinajstić information content (AvgIpc) is 3.23. The van der Waals surface area contributed by atoms with Gasteiger partial charge in [0.05, 0.1) is 22.3 Å². The normalized spacial score (nSPS) is 16.0. The molecule has 0 radical (unpaired) electrons. The van der Waals surface area contributed by atoms with Crippen molar-refractivity contribution in [1.82, 2.24) is 9.88 Å². The van der Waals surface area contributed by atoms with Gasteiger partial charge in [0, 0.05) is 30.9 Å². The molecule has 2 aromatic carbocycles. The molecule has 0 bridgehead atoms. The van der Waals surface area contributed by atoms with Gasteiger partial charge in [-0.1, -0.05) is 6.92 Å². The van der Waals surface area contributed by atoms with Crippen molar-refractivity contribution in [3.8, 4) is 5.69 Å². The second kappa shape index (κ2) is 8.90. The predicted octanol–water partition coefficient (Wildman–Crippen LogP) is 3.85. The number of benzene rings is 2. The van der Waals surface area contributed by atoms with E-state index in [4.69, 9.17) is 0 Å². The molecular formula is C24H24F3N3O3. The third-order valence-corrected chi connectivity index (χ3v) is 6.16. The van der Waals surface area contributed by atoms with Crippen LogP contribution in [0.2, 0.25) is 0 Å². The predicted molar refractivity (Wildman–Crippen MR) is 120 cm³/mol. The number of aromatic nitrogens is 1. The Morgan fingerprint density at radius 2 is 1.97 bits per heavy atom. The summed E-state index contributed by atoms with van der Waals surface area (Å²) in [6.45, 7) is 6.28. The van der Waals surface area contributed by atoms with Crippen LogP contribution in [-0.4, -0.2) is 41.8 Å². The average molecular weight is 459 g/mol. The quantitative estimate of drug-likeness (QED) is 0.586. The number of aromatic carboxylic acids is 1. The molecule has 1 atom stereocenters. The van der Waals surface area contributed by atoms with Crippen molar-refractivity contribution in [3.63, 3.8) is 0 Å². The highest BCUT2D eigenvalue weighted by Crippen LogP contribution is 2.33. The number of nitrogens with one attached hydrogen (secondary N) is 1. The van der Waals surface area contributed by atoms with Crippen LogP contribution in [0.5, 0.6) is 0 Å². The van der Waals surface area contributed by atoms with Gasteiger partial charge in [-0.25, -0.2) is 18.0 Å². The largest absolute Gasteiger partial charge is 0.477 e. The summed E-state index contributed by atoms with van der Waals surface area (Å²) >= 11 is 0. The van der Waals surface area contributed by atoms with E-state index < -0.39 is 34.4 Å². The lowest BCUT2D eigenvalue weighted by molar-refractivity contribution is 0.0695. The molecule has 0 amide bonds. The zero-order valence-corrected chi connectivity index (χ0v) is 18.3. The second-order valence-electron chi connectivity index (χ2n) is 8.28. The summed E-state index contributed by atoms with van der Waals surface area (Å²) in [7, 11) is 0. The Morgan fingerprint density at radius 3 is 2.64 bits per heavy atom. The van der Waals surface area contributed by atoms with Gasteiger partial charge < -0.3 is 19.9 Å². The zero-order chi connectivity index (χ0) is 23.9. The Kier molecular flexibility index (Phi) is 6.16. The number of rotatable bonds is 6. The van der Waals surface area contributed by atoms with Crippen molar-refractivity contribution in [2.45, 2.75) is 20.3 Å². The van der Waals surface area contributed by atoms with Gasteiger partial charge in [-0.2, -0.15) is 0 Å². The van der Waals surface area contributed by atoms with Gasteiger partial charge in [0.25, 0.3) is 0 Å². The van der Waals surface area contributed by atoms with Crippen LogP contribution in [0, 0.1) is 30.3 Å². The lowest BCUT2D eigenvalue weighted by atomic mass is 10.0. The molecule has 9 heteroatoms. The van der Waals surface area contributed by atoms with Crippen LogP contribution in [0.15, 0.2) is 35.3 Å². The summed E-state index contributed by atoms with van der Waals surface area (Å²) in [5.74, 6) is -3.55. The number of fused-ring (bicyclic) bond motifs is 1. The SMILES string of the molecule is CCNCC1CCN(c2cc3c(c(C)c2F)c(=O)c(C(=O)O)cn3-c2ccc(F)cc2F)C1. The highest BCUT2D eigenvalue weighted by atomic mass is 19.1. The minimum Gasteiger partial charge on any atom is -0.477 e. The van der Waals surface area contributed by atoms with E-state index in [2.05, 4.69) is 5.32 Å². The molecule has 0 saturated carbocycles. The van der Waals surface area contributed by atoms with E-state index in [1.807, 2.05) is 11.8 Å². The van der Waals surface area contributed by atoms with Crippen molar-refractivity contribution in [1.29, 1.82) is 0 Å². The number of carboxylic acid groups (broad SMARTS) is 1. The van der Waals surface area contributed by atoms with Gasteiger partial charge in [0.2, 0.25) is 5.43 Å². The molecule has 2 N–H and O–H groups in total. The number of carboxylic acids is 1. The third kappa shape index (κ3) is 4.08. The number of carbonyl (C=O) groups is 1. The Balaban J connectivity index is 1.96. The van der Waals surface area contributed by atoms with E-state index in [-0.39, 0.29) is 27.8 Å². The van der Waals surface area contributed by atoms with E-state index >= 15 is 4.39 Å². The third-order valence-electron chi connectivity index (χ3n) is 6.16. The van der Waals surface area contributed by atoms with E-state index in [9.17, 15) is 23.5 Å². The van der Waals surface area contributed by atoms with Crippen molar-refractivity contribution in [2.24, 2.45) is 5.92 Å². The molecule has 33 heavy (non-hydrogen) atoms. The molecular weight excluding hydrogens is 435 g/mol. The second-order valence-corrected chi connectivity index (χ2v) is 8.28. The van der Waals surface area contributed by atoms with Gasteiger partial charge in [0.1, 0.15) is 23.0 Å². The van der Waals surface area contributed by atoms with Crippen molar-refractivity contribution >= 4 is 22.6 Å². The van der Waals surface area contributed by atoms with Crippen LogP contribution in [0.1, 0.15) is 29.3 Å². The van der Waals surface area contributed by atoms with Crippen LogP contribution >= 0.6 is 0 Å². The maximum Gasteiger partial charge on any atom is 0.341 e. The molecule has 1 unspecified atom stereocenters. The Labute approximate surface area is 188 Å². The number of aryl methyl sites for hydroxylation is 1. The summed E-state index contributed by atoms with van der Waals surface area (Å²) in [4.78, 5) is 26.5. The number of pyridine rings is 1. The molecule has 1 aliphatic heterocycles. The molecule has 3 aromatic rings. The van der Waals surface area contributed by atoms with Crippen molar-refractivity contribution in [2.75, 3.05) is 31.1 Å². The first-order chi connectivity index (χ1) is 15.7. The summed E-state index contributed by atoms with van der Waals surface area (Å²) < 4.78 is 44.8. The number of nitrogens with zero attached hydrogens (tertiary/aromatic N) is 2. The minimum absolute atomic E-state index is 0.0120. The van der Waals surface area contributed by atoms with E-state index in [1.165, 1.54) is 17.6 Å². The van der Waals surface area contributed by atoms with Crippen molar-refractivity contribution < 1.29 is 23.1 Å². The van der Waals surface area contributed by atoms with Crippen LogP contribution in [0.25, 0.3) is 16.6 Å².